The molecule has 1 saturated heterocycles. The third-order valence-electron chi connectivity index (χ3n) is 6.09. The molecule has 3 aromatic rings. The lowest BCUT2D eigenvalue weighted by atomic mass is 9.97. The zero-order chi connectivity index (χ0) is 23.2. The van der Waals surface area contributed by atoms with Gasteiger partial charge in [-0.15, -0.1) is 11.3 Å². The fourth-order valence-corrected chi connectivity index (χ4v) is 5.47. The molecule has 0 radical (unpaired) electrons. The number of thiophene rings is 1. The minimum absolute atomic E-state index is 0.0150. The van der Waals surface area contributed by atoms with Crippen LogP contribution in [-0.2, 0) is 6.42 Å². The number of anilines is 1. The predicted molar refractivity (Wildman–Crippen MR) is 136 cm³/mol. The third-order valence-corrected chi connectivity index (χ3v) is 7.55. The smallest absolute Gasteiger partial charge is 0.256 e. The molecule has 4 rings (SSSR count). The zero-order valence-corrected chi connectivity index (χ0v) is 20.4. The second-order valence-electron chi connectivity index (χ2n) is 8.23. The lowest BCUT2D eigenvalue weighted by Gasteiger charge is -2.39. The van der Waals surface area contributed by atoms with Crippen molar-refractivity contribution in [3.05, 3.63) is 87.3 Å². The summed E-state index contributed by atoms with van der Waals surface area (Å²) in [6.07, 6.45) is 0.913. The van der Waals surface area contributed by atoms with E-state index in [-0.39, 0.29) is 18.6 Å². The molecule has 1 amide bonds. The van der Waals surface area contributed by atoms with Gasteiger partial charge in [0.25, 0.3) is 5.91 Å². The summed E-state index contributed by atoms with van der Waals surface area (Å²) < 4.78 is 0. The van der Waals surface area contributed by atoms with E-state index >= 15 is 0 Å². The van der Waals surface area contributed by atoms with Gasteiger partial charge in [-0.1, -0.05) is 48.9 Å². The molecule has 5 nitrogen and oxygen atoms in total. The molecule has 1 atom stereocenters. The molecule has 0 spiro atoms. The number of nitrogens with one attached hydrogen (secondary N) is 1. The van der Waals surface area contributed by atoms with Crippen LogP contribution in [0.1, 0.15) is 39.3 Å². The number of aliphatic hydroxyl groups excluding tert-OH is 1. The molecule has 1 aliphatic heterocycles. The van der Waals surface area contributed by atoms with Gasteiger partial charge in [0.1, 0.15) is 5.00 Å². The molecular weight excluding hydrogens is 454 g/mol. The minimum atomic E-state index is -0.0935. The molecule has 1 aromatic heterocycles. The quantitative estimate of drug-likeness (QED) is 0.477. The highest BCUT2D eigenvalue weighted by molar-refractivity contribution is 7.16. The SMILES string of the molecule is CCc1cc([C@@H](c2ccc(Cl)cc2)N2CCN(CCO)CC2)c(NC(=O)c2ccccc2)s1. The van der Waals surface area contributed by atoms with Crippen LogP contribution in [0.15, 0.2) is 60.7 Å². The van der Waals surface area contributed by atoms with Crippen LogP contribution in [0, 0.1) is 0 Å². The van der Waals surface area contributed by atoms with Gasteiger partial charge in [-0.05, 0) is 42.3 Å². The fraction of sp³-hybridized carbons (Fsp3) is 0.346. The first-order valence-electron chi connectivity index (χ1n) is 11.4. The number of carbonyl (C=O) groups is 1. The van der Waals surface area contributed by atoms with E-state index in [1.54, 1.807) is 11.3 Å². The van der Waals surface area contributed by atoms with E-state index in [0.29, 0.717) is 17.1 Å². The summed E-state index contributed by atoms with van der Waals surface area (Å²) in [5.74, 6) is -0.0935. The first kappa shape index (κ1) is 23.9. The molecule has 1 fully saturated rings. The van der Waals surface area contributed by atoms with Crippen molar-refractivity contribution in [3.63, 3.8) is 0 Å². The first-order chi connectivity index (χ1) is 16.1. The summed E-state index contributed by atoms with van der Waals surface area (Å²) in [6.45, 7) is 6.61. The number of β-amino-alcohol motifs (C(OH)–C–C–N with tert-alkyl or cyclic N) is 1. The molecule has 2 aromatic carbocycles. The van der Waals surface area contributed by atoms with Gasteiger partial charge in [0.2, 0.25) is 0 Å². The van der Waals surface area contributed by atoms with Crippen LogP contribution in [-0.4, -0.2) is 60.1 Å². The normalized spacial score (nSPS) is 16.0. The molecule has 7 heteroatoms. The second kappa shape index (κ2) is 11.3. The maximum Gasteiger partial charge on any atom is 0.256 e. The third kappa shape index (κ3) is 5.83. The maximum atomic E-state index is 13.0. The Labute approximate surface area is 204 Å². The fourth-order valence-electron chi connectivity index (χ4n) is 4.32. The van der Waals surface area contributed by atoms with Crippen LogP contribution in [0.4, 0.5) is 5.00 Å². The largest absolute Gasteiger partial charge is 0.395 e. The number of amides is 1. The van der Waals surface area contributed by atoms with Gasteiger partial charge < -0.3 is 10.4 Å². The first-order valence-corrected chi connectivity index (χ1v) is 12.6. The molecule has 33 heavy (non-hydrogen) atoms. The van der Waals surface area contributed by atoms with Crippen molar-refractivity contribution < 1.29 is 9.90 Å². The van der Waals surface area contributed by atoms with E-state index < -0.39 is 0 Å². The summed E-state index contributed by atoms with van der Waals surface area (Å²) in [4.78, 5) is 19.0. The maximum absolute atomic E-state index is 13.0. The Morgan fingerprint density at radius 1 is 1.09 bits per heavy atom. The highest BCUT2D eigenvalue weighted by Gasteiger charge is 2.30. The average Bonchev–Trinajstić information content (AvgIpc) is 3.24. The highest BCUT2D eigenvalue weighted by Crippen LogP contribution is 2.40. The van der Waals surface area contributed by atoms with E-state index in [4.69, 9.17) is 11.6 Å². The average molecular weight is 484 g/mol. The molecule has 2 N–H and O–H groups in total. The second-order valence-corrected chi connectivity index (χ2v) is 9.80. The summed E-state index contributed by atoms with van der Waals surface area (Å²) in [5.41, 5.74) is 2.93. The number of hydrogen-bond donors (Lipinski definition) is 2. The molecule has 2 heterocycles. The number of rotatable bonds is 8. The van der Waals surface area contributed by atoms with Crippen LogP contribution in [0.2, 0.25) is 5.02 Å². The summed E-state index contributed by atoms with van der Waals surface area (Å²) >= 11 is 7.85. The standard InChI is InChI=1S/C26H30ClN3O2S/c1-2-22-18-23(26(33-22)28-25(32)20-6-4-3-5-7-20)24(19-8-10-21(27)11-9-19)30-14-12-29(13-15-30)16-17-31/h3-11,18,24,31H,2,12-17H2,1H3,(H,28,32)/t24-/m1/s1. The van der Waals surface area contributed by atoms with E-state index in [2.05, 4.69) is 40.2 Å². The van der Waals surface area contributed by atoms with Crippen LogP contribution in [0.3, 0.4) is 0 Å². The Hall–Kier alpha value is -2.22. The number of nitrogens with zero attached hydrogens (tertiary/aromatic N) is 2. The molecule has 1 aliphatic rings. The lowest BCUT2D eigenvalue weighted by molar-refractivity contribution is 0.0946. The van der Waals surface area contributed by atoms with Crippen LogP contribution in [0.25, 0.3) is 0 Å². The van der Waals surface area contributed by atoms with E-state index in [1.165, 1.54) is 4.88 Å². The van der Waals surface area contributed by atoms with Crippen molar-refractivity contribution in [2.24, 2.45) is 0 Å². The molecular formula is C26H30ClN3O2S. The van der Waals surface area contributed by atoms with E-state index in [0.717, 1.165) is 48.7 Å². The van der Waals surface area contributed by atoms with Crippen molar-refractivity contribution in [1.29, 1.82) is 0 Å². The highest BCUT2D eigenvalue weighted by atomic mass is 35.5. The van der Waals surface area contributed by atoms with Crippen molar-refractivity contribution in [2.75, 3.05) is 44.6 Å². The van der Waals surface area contributed by atoms with E-state index in [9.17, 15) is 9.90 Å². The number of hydrogen-bond acceptors (Lipinski definition) is 5. The van der Waals surface area contributed by atoms with Gasteiger partial charge in [-0.3, -0.25) is 14.6 Å². The topological polar surface area (TPSA) is 55.8 Å². The Bertz CT molecular complexity index is 1050. The van der Waals surface area contributed by atoms with Crippen molar-refractivity contribution in [2.45, 2.75) is 19.4 Å². The number of aryl methyl sites for hydroxylation is 1. The Balaban J connectivity index is 1.68. The Morgan fingerprint density at radius 3 is 2.42 bits per heavy atom. The molecule has 0 saturated carbocycles. The summed E-state index contributed by atoms with van der Waals surface area (Å²) in [5, 5.41) is 14.1. The number of benzene rings is 2. The van der Waals surface area contributed by atoms with Gasteiger partial charge in [0, 0.05) is 53.8 Å². The number of piperazine rings is 1. The van der Waals surface area contributed by atoms with Gasteiger partial charge in [-0.2, -0.15) is 0 Å². The molecule has 0 aliphatic carbocycles. The van der Waals surface area contributed by atoms with Crippen LogP contribution >= 0.6 is 22.9 Å². The number of aliphatic hydroxyl groups is 1. The molecule has 0 unspecified atom stereocenters. The van der Waals surface area contributed by atoms with Gasteiger partial charge in [0.05, 0.1) is 12.6 Å². The predicted octanol–water partition coefficient (Wildman–Crippen LogP) is 4.92. The van der Waals surface area contributed by atoms with Crippen LogP contribution < -0.4 is 5.32 Å². The van der Waals surface area contributed by atoms with Crippen LogP contribution in [0.5, 0.6) is 0 Å². The van der Waals surface area contributed by atoms with Gasteiger partial charge in [0.15, 0.2) is 0 Å². The lowest BCUT2D eigenvalue weighted by Crippen LogP contribution is -2.48. The number of carbonyl (C=O) groups excluding carboxylic acids is 1. The summed E-state index contributed by atoms with van der Waals surface area (Å²) in [6, 6.07) is 19.6. The zero-order valence-electron chi connectivity index (χ0n) is 18.8. The molecule has 0 bridgehead atoms. The van der Waals surface area contributed by atoms with Crippen molar-refractivity contribution in [3.8, 4) is 0 Å². The van der Waals surface area contributed by atoms with Crippen molar-refractivity contribution >= 4 is 33.8 Å². The number of halogens is 1. The van der Waals surface area contributed by atoms with Gasteiger partial charge in [-0.25, -0.2) is 0 Å². The van der Waals surface area contributed by atoms with Crippen molar-refractivity contribution in [1.82, 2.24) is 9.80 Å². The van der Waals surface area contributed by atoms with E-state index in [1.807, 2.05) is 42.5 Å². The minimum Gasteiger partial charge on any atom is -0.395 e. The summed E-state index contributed by atoms with van der Waals surface area (Å²) in [7, 11) is 0. The Kier molecular flexibility index (Phi) is 8.17. The monoisotopic (exact) mass is 483 g/mol. The molecule has 174 valence electrons. The Morgan fingerprint density at radius 2 is 1.79 bits per heavy atom. The van der Waals surface area contributed by atoms with Gasteiger partial charge >= 0.3 is 0 Å².